The number of nitrogens with zero attached hydrogens (tertiary/aromatic N) is 1. The Morgan fingerprint density at radius 1 is 1.26 bits per heavy atom. The normalized spacial score (nSPS) is 13.5. The number of amides is 2. The van der Waals surface area contributed by atoms with E-state index in [4.69, 9.17) is 27.9 Å². The molecule has 0 radical (unpaired) electrons. The minimum absolute atomic E-state index is 0.0933. The van der Waals surface area contributed by atoms with Gasteiger partial charge in [-0.1, -0.05) is 35.3 Å². The molecule has 0 fully saturated rings. The van der Waals surface area contributed by atoms with Crippen molar-refractivity contribution in [3.63, 3.8) is 0 Å². The maximum Gasteiger partial charge on any atom is 0.318 e. The maximum atomic E-state index is 12.6. The fraction of sp³-hybridized carbons (Fsp3) is 0.250. The summed E-state index contributed by atoms with van der Waals surface area (Å²) in [6.45, 7) is 1.61. The second-order valence-corrected chi connectivity index (χ2v) is 7.45. The molecule has 2 heterocycles. The summed E-state index contributed by atoms with van der Waals surface area (Å²) in [6.07, 6.45) is 0.767. The average molecular weight is 404 g/mol. The predicted molar refractivity (Wildman–Crippen MR) is 108 cm³/mol. The van der Waals surface area contributed by atoms with Crippen molar-refractivity contribution >= 4 is 40.1 Å². The third-order valence-electron chi connectivity index (χ3n) is 4.85. The van der Waals surface area contributed by atoms with Crippen LogP contribution in [-0.2, 0) is 19.5 Å². The van der Waals surface area contributed by atoms with E-state index >= 15 is 0 Å². The summed E-state index contributed by atoms with van der Waals surface area (Å²) in [7, 11) is 1.63. The zero-order valence-electron chi connectivity index (χ0n) is 14.8. The molecule has 0 aliphatic carbocycles. The van der Waals surface area contributed by atoms with Crippen molar-refractivity contribution in [2.75, 3.05) is 13.7 Å². The lowest BCUT2D eigenvalue weighted by molar-refractivity contribution is 0.191. The lowest BCUT2D eigenvalue weighted by Crippen LogP contribution is -2.42. The molecule has 0 saturated heterocycles. The fourth-order valence-electron chi connectivity index (χ4n) is 3.55. The molecule has 0 spiro atoms. The van der Waals surface area contributed by atoms with E-state index in [1.165, 1.54) is 5.56 Å². The van der Waals surface area contributed by atoms with Crippen LogP contribution in [0, 0.1) is 0 Å². The van der Waals surface area contributed by atoms with E-state index in [-0.39, 0.29) is 6.03 Å². The van der Waals surface area contributed by atoms with Gasteiger partial charge in [0, 0.05) is 40.3 Å². The van der Waals surface area contributed by atoms with Crippen molar-refractivity contribution in [1.29, 1.82) is 0 Å². The van der Waals surface area contributed by atoms with Gasteiger partial charge in [-0.05, 0) is 35.7 Å². The van der Waals surface area contributed by atoms with E-state index in [0.717, 1.165) is 28.6 Å². The van der Waals surface area contributed by atoms with Gasteiger partial charge in [0.25, 0.3) is 0 Å². The summed E-state index contributed by atoms with van der Waals surface area (Å²) in [5.41, 5.74) is 4.12. The SMILES string of the molecule is COc1cc(Cl)cc2c3c([nH]c12)CN(C(=O)NCc1cccc(Cl)c1)CC3. The Hall–Kier alpha value is -2.37. The number of ether oxygens (including phenoxy) is 1. The number of urea groups is 1. The van der Waals surface area contributed by atoms with Crippen LogP contribution in [-0.4, -0.2) is 29.6 Å². The Balaban J connectivity index is 1.51. The molecule has 1 aromatic heterocycles. The number of carbonyl (C=O) groups is 1. The molecule has 0 saturated carbocycles. The summed E-state index contributed by atoms with van der Waals surface area (Å²) in [6, 6.07) is 11.1. The van der Waals surface area contributed by atoms with Gasteiger partial charge < -0.3 is 19.9 Å². The predicted octanol–water partition coefficient (Wildman–Crippen LogP) is 4.75. The number of H-pyrrole nitrogens is 1. The molecule has 27 heavy (non-hydrogen) atoms. The van der Waals surface area contributed by atoms with Gasteiger partial charge in [0.2, 0.25) is 0 Å². The molecule has 1 aliphatic rings. The van der Waals surface area contributed by atoms with Crippen LogP contribution in [0.25, 0.3) is 10.9 Å². The van der Waals surface area contributed by atoms with Crippen molar-refractivity contribution in [2.24, 2.45) is 0 Å². The molecule has 0 atom stereocenters. The van der Waals surface area contributed by atoms with Gasteiger partial charge in [-0.2, -0.15) is 0 Å². The number of aromatic nitrogens is 1. The average Bonchev–Trinajstić information content (AvgIpc) is 3.03. The summed E-state index contributed by atoms with van der Waals surface area (Å²) in [4.78, 5) is 17.8. The number of aromatic amines is 1. The minimum Gasteiger partial charge on any atom is -0.495 e. The summed E-state index contributed by atoms with van der Waals surface area (Å²) in [5.74, 6) is 0.712. The molecule has 2 amide bonds. The smallest absolute Gasteiger partial charge is 0.318 e. The Labute approximate surface area is 167 Å². The number of halogens is 2. The lowest BCUT2D eigenvalue weighted by atomic mass is 10.0. The molecule has 0 unspecified atom stereocenters. The second-order valence-electron chi connectivity index (χ2n) is 6.57. The second kappa shape index (κ2) is 7.33. The van der Waals surface area contributed by atoms with Crippen LogP contribution in [0.15, 0.2) is 36.4 Å². The third-order valence-corrected chi connectivity index (χ3v) is 5.31. The van der Waals surface area contributed by atoms with E-state index in [2.05, 4.69) is 10.3 Å². The Morgan fingerprint density at radius 3 is 2.89 bits per heavy atom. The number of hydrogen-bond acceptors (Lipinski definition) is 2. The van der Waals surface area contributed by atoms with E-state index in [0.29, 0.717) is 35.4 Å². The first-order valence-corrected chi connectivity index (χ1v) is 9.45. The number of fused-ring (bicyclic) bond motifs is 3. The van der Waals surface area contributed by atoms with Crippen LogP contribution in [0.1, 0.15) is 16.8 Å². The number of benzene rings is 2. The standard InChI is InChI=1S/C20H19Cl2N3O2/c1-27-18-9-14(22)8-16-15-5-6-25(11-17(15)24-19(16)18)20(26)23-10-12-3-2-4-13(21)7-12/h2-4,7-9,24H,5-6,10-11H2,1H3,(H,23,26). The molecule has 3 aromatic rings. The summed E-state index contributed by atoms with van der Waals surface area (Å²) in [5, 5.41) is 5.33. The van der Waals surface area contributed by atoms with Gasteiger partial charge in [-0.25, -0.2) is 4.79 Å². The van der Waals surface area contributed by atoms with Gasteiger partial charge in [-0.15, -0.1) is 0 Å². The largest absolute Gasteiger partial charge is 0.495 e. The number of nitrogens with one attached hydrogen (secondary N) is 2. The molecule has 0 bridgehead atoms. The maximum absolute atomic E-state index is 12.6. The number of hydrogen-bond donors (Lipinski definition) is 2. The van der Waals surface area contributed by atoms with Crippen molar-refractivity contribution in [1.82, 2.24) is 15.2 Å². The van der Waals surface area contributed by atoms with Gasteiger partial charge in [0.1, 0.15) is 5.75 Å². The highest BCUT2D eigenvalue weighted by atomic mass is 35.5. The fourth-order valence-corrected chi connectivity index (χ4v) is 3.97. The van der Waals surface area contributed by atoms with Crippen molar-refractivity contribution < 1.29 is 9.53 Å². The molecule has 140 valence electrons. The molecular formula is C20H19Cl2N3O2. The first kappa shape index (κ1) is 18.0. The van der Waals surface area contributed by atoms with E-state index in [1.54, 1.807) is 18.1 Å². The number of methoxy groups -OCH3 is 1. The molecule has 2 N–H and O–H groups in total. The van der Waals surface area contributed by atoms with Crippen LogP contribution in [0.2, 0.25) is 10.0 Å². The van der Waals surface area contributed by atoms with E-state index in [1.807, 2.05) is 30.3 Å². The summed E-state index contributed by atoms with van der Waals surface area (Å²) < 4.78 is 5.44. The van der Waals surface area contributed by atoms with Crippen LogP contribution in [0.4, 0.5) is 4.79 Å². The lowest BCUT2D eigenvalue weighted by Gasteiger charge is -2.27. The molecular weight excluding hydrogens is 385 g/mol. The number of rotatable bonds is 3. The monoisotopic (exact) mass is 403 g/mol. The molecule has 2 aromatic carbocycles. The topological polar surface area (TPSA) is 57.4 Å². The van der Waals surface area contributed by atoms with Crippen LogP contribution >= 0.6 is 23.2 Å². The molecule has 1 aliphatic heterocycles. The van der Waals surface area contributed by atoms with Crippen LogP contribution in [0.3, 0.4) is 0 Å². The zero-order valence-corrected chi connectivity index (χ0v) is 16.3. The minimum atomic E-state index is -0.0933. The van der Waals surface area contributed by atoms with Crippen LogP contribution < -0.4 is 10.1 Å². The molecule has 7 heteroatoms. The number of carbonyl (C=O) groups excluding carboxylic acids is 1. The zero-order chi connectivity index (χ0) is 19.0. The third kappa shape index (κ3) is 3.57. The van der Waals surface area contributed by atoms with E-state index < -0.39 is 0 Å². The summed E-state index contributed by atoms with van der Waals surface area (Å²) >= 11 is 12.2. The molecule has 5 nitrogen and oxygen atoms in total. The highest BCUT2D eigenvalue weighted by Gasteiger charge is 2.25. The van der Waals surface area contributed by atoms with Crippen molar-refractivity contribution in [2.45, 2.75) is 19.5 Å². The van der Waals surface area contributed by atoms with Crippen molar-refractivity contribution in [3.8, 4) is 5.75 Å². The molecule has 4 rings (SSSR count). The van der Waals surface area contributed by atoms with Crippen molar-refractivity contribution in [3.05, 3.63) is 63.3 Å². The van der Waals surface area contributed by atoms with Gasteiger partial charge in [-0.3, -0.25) is 0 Å². The van der Waals surface area contributed by atoms with Gasteiger partial charge in [0.15, 0.2) is 0 Å². The Bertz CT molecular complexity index is 1020. The highest BCUT2D eigenvalue weighted by molar-refractivity contribution is 6.31. The van der Waals surface area contributed by atoms with Crippen LogP contribution in [0.5, 0.6) is 5.75 Å². The first-order valence-electron chi connectivity index (χ1n) is 8.69. The first-order chi connectivity index (χ1) is 13.0. The quantitative estimate of drug-likeness (QED) is 0.662. The van der Waals surface area contributed by atoms with Gasteiger partial charge in [0.05, 0.1) is 19.2 Å². The highest BCUT2D eigenvalue weighted by Crippen LogP contribution is 2.35. The van der Waals surface area contributed by atoms with E-state index in [9.17, 15) is 4.79 Å². The van der Waals surface area contributed by atoms with Gasteiger partial charge >= 0.3 is 6.03 Å². The Morgan fingerprint density at radius 2 is 2.11 bits per heavy atom. The Kier molecular flexibility index (Phi) is 4.89.